The van der Waals surface area contributed by atoms with E-state index < -0.39 is 0 Å². The highest BCUT2D eigenvalue weighted by molar-refractivity contribution is 5.33. The van der Waals surface area contributed by atoms with Crippen LogP contribution in [0.3, 0.4) is 0 Å². The maximum atomic E-state index is 6.13. The van der Waals surface area contributed by atoms with Gasteiger partial charge in [-0.15, -0.1) is 0 Å². The third-order valence-corrected chi connectivity index (χ3v) is 3.51. The summed E-state index contributed by atoms with van der Waals surface area (Å²) in [6.45, 7) is 0.588. The van der Waals surface area contributed by atoms with Crippen LogP contribution in [0.1, 0.15) is 32.1 Å². The summed E-state index contributed by atoms with van der Waals surface area (Å²) in [7, 11) is 1.67. The van der Waals surface area contributed by atoms with Gasteiger partial charge >= 0.3 is 0 Å². The van der Waals surface area contributed by atoms with E-state index in [0.29, 0.717) is 6.54 Å². The molecule has 0 aliphatic heterocycles. The summed E-state index contributed by atoms with van der Waals surface area (Å²) < 4.78 is 11.3. The van der Waals surface area contributed by atoms with E-state index >= 15 is 0 Å². The maximum absolute atomic E-state index is 6.13. The third-order valence-electron chi connectivity index (χ3n) is 3.51. The minimum atomic E-state index is -0.162. The molecule has 94 valence electrons. The summed E-state index contributed by atoms with van der Waals surface area (Å²) in [6, 6.07) is 7.75. The third kappa shape index (κ3) is 2.91. The molecule has 1 aliphatic rings. The lowest BCUT2D eigenvalue weighted by Crippen LogP contribution is -2.45. The van der Waals surface area contributed by atoms with Crippen molar-refractivity contribution in [2.24, 2.45) is 5.73 Å². The van der Waals surface area contributed by atoms with Crippen molar-refractivity contribution >= 4 is 0 Å². The van der Waals surface area contributed by atoms with Crippen molar-refractivity contribution in [3.8, 4) is 11.5 Å². The number of hydrogen-bond acceptors (Lipinski definition) is 3. The average Bonchev–Trinajstić information content (AvgIpc) is 2.40. The van der Waals surface area contributed by atoms with Gasteiger partial charge in [0.25, 0.3) is 0 Å². The molecule has 0 radical (unpaired) electrons. The van der Waals surface area contributed by atoms with E-state index in [-0.39, 0.29) is 5.60 Å². The zero-order valence-electron chi connectivity index (χ0n) is 10.4. The van der Waals surface area contributed by atoms with Crippen molar-refractivity contribution in [1.29, 1.82) is 0 Å². The molecule has 1 aromatic rings. The molecule has 0 aromatic heterocycles. The number of methoxy groups -OCH3 is 1. The Hall–Kier alpha value is -1.22. The Morgan fingerprint density at radius 3 is 2.53 bits per heavy atom. The molecule has 1 aliphatic carbocycles. The lowest BCUT2D eigenvalue weighted by Gasteiger charge is -2.36. The van der Waals surface area contributed by atoms with Crippen LogP contribution < -0.4 is 15.2 Å². The second-order valence-electron chi connectivity index (χ2n) is 4.73. The molecule has 3 nitrogen and oxygen atoms in total. The van der Waals surface area contributed by atoms with Gasteiger partial charge in [0.1, 0.15) is 17.1 Å². The number of nitrogens with two attached hydrogens (primary N) is 1. The first kappa shape index (κ1) is 12.2. The molecule has 0 atom stereocenters. The van der Waals surface area contributed by atoms with Crippen molar-refractivity contribution in [2.75, 3.05) is 13.7 Å². The topological polar surface area (TPSA) is 44.5 Å². The van der Waals surface area contributed by atoms with E-state index in [9.17, 15) is 0 Å². The first-order valence-corrected chi connectivity index (χ1v) is 6.31. The van der Waals surface area contributed by atoms with Gasteiger partial charge in [0, 0.05) is 12.6 Å². The Kier molecular flexibility index (Phi) is 3.89. The Labute approximate surface area is 103 Å². The second-order valence-corrected chi connectivity index (χ2v) is 4.73. The summed E-state index contributed by atoms with van der Waals surface area (Å²) in [5, 5.41) is 0. The molecule has 0 heterocycles. The fourth-order valence-electron chi connectivity index (χ4n) is 2.46. The quantitative estimate of drug-likeness (QED) is 0.872. The predicted octanol–water partition coefficient (Wildman–Crippen LogP) is 2.74. The Morgan fingerprint density at radius 1 is 1.18 bits per heavy atom. The zero-order valence-corrected chi connectivity index (χ0v) is 10.4. The highest BCUT2D eigenvalue weighted by atomic mass is 16.5. The van der Waals surface area contributed by atoms with Crippen LogP contribution >= 0.6 is 0 Å². The van der Waals surface area contributed by atoms with Crippen molar-refractivity contribution in [2.45, 2.75) is 37.7 Å². The van der Waals surface area contributed by atoms with E-state index in [4.69, 9.17) is 15.2 Å². The Bertz CT molecular complexity index is 359. The molecule has 1 aromatic carbocycles. The van der Waals surface area contributed by atoms with Gasteiger partial charge in [-0.05, 0) is 37.8 Å². The normalized spacial score (nSPS) is 18.7. The minimum absolute atomic E-state index is 0.162. The Balaban J connectivity index is 2.11. The van der Waals surface area contributed by atoms with Crippen molar-refractivity contribution in [3.05, 3.63) is 24.3 Å². The highest BCUT2D eigenvalue weighted by Gasteiger charge is 2.32. The van der Waals surface area contributed by atoms with Crippen LogP contribution in [0.25, 0.3) is 0 Å². The molecule has 0 spiro atoms. The zero-order chi connectivity index (χ0) is 12.1. The molecular weight excluding hydrogens is 214 g/mol. The van der Waals surface area contributed by atoms with Crippen molar-refractivity contribution in [3.63, 3.8) is 0 Å². The summed E-state index contributed by atoms with van der Waals surface area (Å²) >= 11 is 0. The van der Waals surface area contributed by atoms with Gasteiger partial charge in [0.05, 0.1) is 7.11 Å². The number of ether oxygens (including phenoxy) is 2. The molecular formula is C14H21NO2. The highest BCUT2D eigenvalue weighted by Crippen LogP contribution is 2.33. The molecule has 17 heavy (non-hydrogen) atoms. The molecule has 0 saturated heterocycles. The van der Waals surface area contributed by atoms with Crippen LogP contribution in [0.4, 0.5) is 0 Å². The van der Waals surface area contributed by atoms with Gasteiger partial charge < -0.3 is 15.2 Å². The fourth-order valence-corrected chi connectivity index (χ4v) is 2.46. The molecule has 2 N–H and O–H groups in total. The first-order chi connectivity index (χ1) is 8.28. The number of rotatable bonds is 4. The van der Waals surface area contributed by atoms with Crippen LogP contribution in [0.5, 0.6) is 11.5 Å². The molecule has 0 unspecified atom stereocenters. The summed E-state index contributed by atoms with van der Waals surface area (Å²) in [5.41, 5.74) is 5.74. The van der Waals surface area contributed by atoms with Crippen molar-refractivity contribution < 1.29 is 9.47 Å². The molecule has 1 fully saturated rings. The maximum Gasteiger partial charge on any atom is 0.123 e. The first-order valence-electron chi connectivity index (χ1n) is 6.31. The summed E-state index contributed by atoms with van der Waals surface area (Å²) in [4.78, 5) is 0. The predicted molar refractivity (Wildman–Crippen MR) is 68.5 cm³/mol. The van der Waals surface area contributed by atoms with E-state index in [0.717, 1.165) is 24.3 Å². The van der Waals surface area contributed by atoms with Gasteiger partial charge in [-0.25, -0.2) is 0 Å². The van der Waals surface area contributed by atoms with Crippen LogP contribution in [0, 0.1) is 0 Å². The van der Waals surface area contributed by atoms with E-state index in [2.05, 4.69) is 0 Å². The van der Waals surface area contributed by atoms with Crippen LogP contribution in [0.15, 0.2) is 24.3 Å². The van der Waals surface area contributed by atoms with Gasteiger partial charge in [0.15, 0.2) is 0 Å². The molecule has 0 bridgehead atoms. The molecule has 0 amide bonds. The molecule has 1 saturated carbocycles. The second kappa shape index (κ2) is 5.41. The lowest BCUT2D eigenvalue weighted by molar-refractivity contribution is 0.0385. The monoisotopic (exact) mass is 235 g/mol. The van der Waals surface area contributed by atoms with Gasteiger partial charge in [-0.1, -0.05) is 12.5 Å². The number of benzene rings is 1. The fraction of sp³-hybridized carbons (Fsp3) is 0.571. The van der Waals surface area contributed by atoms with Crippen LogP contribution in [-0.4, -0.2) is 19.3 Å². The molecule has 2 rings (SSSR count). The average molecular weight is 235 g/mol. The minimum Gasteiger partial charge on any atom is -0.497 e. The van der Waals surface area contributed by atoms with Gasteiger partial charge in [-0.3, -0.25) is 0 Å². The van der Waals surface area contributed by atoms with Gasteiger partial charge in [0.2, 0.25) is 0 Å². The lowest BCUT2D eigenvalue weighted by atomic mass is 9.84. The van der Waals surface area contributed by atoms with Crippen LogP contribution in [-0.2, 0) is 0 Å². The van der Waals surface area contributed by atoms with E-state index in [1.54, 1.807) is 7.11 Å². The smallest absolute Gasteiger partial charge is 0.123 e. The van der Waals surface area contributed by atoms with Crippen LogP contribution in [0.2, 0.25) is 0 Å². The Morgan fingerprint density at radius 2 is 1.88 bits per heavy atom. The van der Waals surface area contributed by atoms with Gasteiger partial charge in [-0.2, -0.15) is 0 Å². The number of hydrogen-bond donors (Lipinski definition) is 1. The van der Waals surface area contributed by atoms with E-state index in [1.165, 1.54) is 19.3 Å². The van der Waals surface area contributed by atoms with Crippen molar-refractivity contribution in [1.82, 2.24) is 0 Å². The SMILES string of the molecule is COc1cccc(OC2(CN)CCCCC2)c1. The summed E-state index contributed by atoms with van der Waals surface area (Å²) in [5.74, 6) is 1.68. The standard InChI is InChI=1S/C14H21NO2/c1-16-12-6-5-7-13(10-12)17-14(11-15)8-3-2-4-9-14/h5-7,10H,2-4,8-9,11,15H2,1H3. The molecule has 3 heteroatoms. The van der Waals surface area contributed by atoms with E-state index in [1.807, 2.05) is 24.3 Å². The summed E-state index contributed by atoms with van der Waals surface area (Å²) in [6.07, 6.45) is 5.83. The largest absolute Gasteiger partial charge is 0.497 e.